The number of nitro benzene ring substituents is 1. The van der Waals surface area contributed by atoms with E-state index in [1.165, 1.54) is 18.3 Å². The fourth-order valence-electron chi connectivity index (χ4n) is 2.15. The second kappa shape index (κ2) is 9.12. The van der Waals surface area contributed by atoms with Crippen molar-refractivity contribution in [3.8, 4) is 5.75 Å². The molecule has 7 nitrogen and oxygen atoms in total. The van der Waals surface area contributed by atoms with E-state index < -0.39 is 4.92 Å². The van der Waals surface area contributed by atoms with Gasteiger partial charge in [-0.25, -0.2) is 5.43 Å². The van der Waals surface area contributed by atoms with Crippen LogP contribution in [0.5, 0.6) is 5.75 Å². The van der Waals surface area contributed by atoms with Crippen molar-refractivity contribution in [1.82, 2.24) is 5.43 Å². The average molecular weight is 353 g/mol. The Balaban J connectivity index is 1.76. The molecule has 0 fully saturated rings. The van der Waals surface area contributed by atoms with Crippen LogP contribution in [-0.2, 0) is 4.79 Å². The summed E-state index contributed by atoms with van der Waals surface area (Å²) in [6.45, 7) is 3.77. The van der Waals surface area contributed by atoms with Gasteiger partial charge in [-0.3, -0.25) is 14.9 Å². The number of nitro groups is 1. The molecule has 26 heavy (non-hydrogen) atoms. The Morgan fingerprint density at radius 3 is 2.62 bits per heavy atom. The van der Waals surface area contributed by atoms with E-state index in [0.717, 1.165) is 16.7 Å². The first kappa shape index (κ1) is 18.9. The maximum atomic E-state index is 11.7. The van der Waals surface area contributed by atoms with Gasteiger partial charge in [0.1, 0.15) is 5.75 Å². The number of nitrogens with one attached hydrogen (secondary N) is 1. The summed E-state index contributed by atoms with van der Waals surface area (Å²) in [6.07, 6.45) is 4.74. The molecule has 0 bridgehead atoms. The second-order valence-electron chi connectivity index (χ2n) is 5.58. The van der Waals surface area contributed by atoms with Crippen LogP contribution in [0.15, 0.2) is 53.6 Å². The van der Waals surface area contributed by atoms with E-state index >= 15 is 0 Å². The average Bonchev–Trinajstić information content (AvgIpc) is 2.61. The van der Waals surface area contributed by atoms with Gasteiger partial charge >= 0.3 is 0 Å². The summed E-state index contributed by atoms with van der Waals surface area (Å²) in [4.78, 5) is 21.8. The van der Waals surface area contributed by atoms with E-state index in [-0.39, 0.29) is 18.2 Å². The van der Waals surface area contributed by atoms with Gasteiger partial charge in [-0.2, -0.15) is 5.10 Å². The number of benzene rings is 2. The van der Waals surface area contributed by atoms with E-state index in [4.69, 9.17) is 4.74 Å². The summed E-state index contributed by atoms with van der Waals surface area (Å²) in [5.41, 5.74) is 5.27. The normalized spacial score (nSPS) is 11.0. The standard InChI is InChI=1S/C19H19N3O4/c1-14-5-10-18(15(2)12-14)26-13-19(23)21-20-11-3-4-16-6-8-17(9-7-16)22(24)25/h3-12H,13H2,1-2H3,(H,21,23)/b4-3+,20-11+. The maximum absolute atomic E-state index is 11.7. The molecule has 1 N–H and O–H groups in total. The number of rotatable bonds is 7. The Hall–Kier alpha value is -3.48. The van der Waals surface area contributed by atoms with E-state index in [1.807, 2.05) is 32.0 Å². The lowest BCUT2D eigenvalue weighted by molar-refractivity contribution is -0.384. The minimum absolute atomic E-state index is 0.0342. The molecule has 134 valence electrons. The molecule has 0 aliphatic carbocycles. The number of aryl methyl sites for hydroxylation is 2. The molecule has 0 aromatic heterocycles. The smallest absolute Gasteiger partial charge is 0.277 e. The molecule has 0 atom stereocenters. The molecule has 0 heterocycles. The summed E-state index contributed by atoms with van der Waals surface area (Å²) < 4.78 is 5.45. The Labute approximate surface area is 151 Å². The monoisotopic (exact) mass is 353 g/mol. The molecule has 0 unspecified atom stereocenters. The molecule has 0 spiro atoms. The first-order chi connectivity index (χ1) is 12.5. The maximum Gasteiger partial charge on any atom is 0.277 e. The molecular formula is C19H19N3O4. The number of hydrazone groups is 1. The number of hydrogen-bond acceptors (Lipinski definition) is 5. The molecule has 2 aromatic rings. The highest BCUT2D eigenvalue weighted by Crippen LogP contribution is 2.18. The molecule has 2 aromatic carbocycles. The van der Waals surface area contributed by atoms with Gasteiger partial charge < -0.3 is 4.74 Å². The predicted octanol–water partition coefficient (Wildman–Crippen LogP) is 3.41. The van der Waals surface area contributed by atoms with E-state index in [1.54, 1.807) is 24.3 Å². The van der Waals surface area contributed by atoms with Crippen molar-refractivity contribution in [2.24, 2.45) is 5.10 Å². The molecule has 0 saturated carbocycles. The van der Waals surface area contributed by atoms with E-state index in [9.17, 15) is 14.9 Å². The minimum atomic E-state index is -0.454. The quantitative estimate of drug-likeness (QED) is 0.469. The van der Waals surface area contributed by atoms with Gasteiger partial charge in [0.05, 0.1) is 4.92 Å². The van der Waals surface area contributed by atoms with Crippen LogP contribution in [0.25, 0.3) is 6.08 Å². The van der Waals surface area contributed by atoms with Gasteiger partial charge in [0, 0.05) is 18.3 Å². The SMILES string of the molecule is Cc1ccc(OCC(=O)N/N=C/C=C/c2ccc([N+](=O)[O-])cc2)c(C)c1. The number of hydrogen-bond donors (Lipinski definition) is 1. The molecule has 1 amide bonds. The first-order valence-corrected chi connectivity index (χ1v) is 7.89. The molecule has 0 aliphatic heterocycles. The zero-order valence-electron chi connectivity index (χ0n) is 14.5. The van der Waals surface area contributed by atoms with Gasteiger partial charge in [0.2, 0.25) is 0 Å². The molecule has 0 saturated heterocycles. The van der Waals surface area contributed by atoms with Crippen LogP contribution >= 0.6 is 0 Å². The van der Waals surface area contributed by atoms with Gasteiger partial charge in [-0.15, -0.1) is 0 Å². The van der Waals surface area contributed by atoms with Gasteiger partial charge in [-0.05, 0) is 49.2 Å². The minimum Gasteiger partial charge on any atom is -0.483 e. The Morgan fingerprint density at radius 2 is 1.96 bits per heavy atom. The molecule has 0 radical (unpaired) electrons. The zero-order chi connectivity index (χ0) is 18.9. The van der Waals surface area contributed by atoms with Crippen LogP contribution < -0.4 is 10.2 Å². The fraction of sp³-hybridized carbons (Fsp3) is 0.158. The van der Waals surface area contributed by atoms with Crippen LogP contribution in [0.4, 0.5) is 5.69 Å². The van der Waals surface area contributed by atoms with E-state index in [0.29, 0.717) is 5.75 Å². The van der Waals surface area contributed by atoms with Crippen molar-refractivity contribution < 1.29 is 14.5 Å². The lowest BCUT2D eigenvalue weighted by atomic mass is 10.1. The lowest BCUT2D eigenvalue weighted by Crippen LogP contribution is -2.24. The second-order valence-corrected chi connectivity index (χ2v) is 5.58. The van der Waals surface area contributed by atoms with Gasteiger partial charge in [0.25, 0.3) is 11.6 Å². The summed E-state index contributed by atoms with van der Waals surface area (Å²) in [5.74, 6) is 0.290. The Kier molecular flexibility index (Phi) is 6.61. The van der Waals surface area contributed by atoms with Crippen molar-refractivity contribution in [3.05, 3.63) is 75.3 Å². The van der Waals surface area contributed by atoms with Crippen LogP contribution in [0.1, 0.15) is 16.7 Å². The molecule has 2 rings (SSSR count). The van der Waals surface area contributed by atoms with Crippen molar-refractivity contribution in [2.75, 3.05) is 6.61 Å². The first-order valence-electron chi connectivity index (χ1n) is 7.89. The van der Waals surface area contributed by atoms with Crippen molar-refractivity contribution in [1.29, 1.82) is 0 Å². The van der Waals surface area contributed by atoms with E-state index in [2.05, 4.69) is 10.5 Å². The summed E-state index contributed by atoms with van der Waals surface area (Å²) in [5, 5.41) is 14.3. The van der Waals surface area contributed by atoms with Crippen molar-refractivity contribution >= 4 is 23.9 Å². The number of ether oxygens (including phenoxy) is 1. The largest absolute Gasteiger partial charge is 0.483 e. The fourth-order valence-corrected chi connectivity index (χ4v) is 2.15. The molecular weight excluding hydrogens is 334 g/mol. The summed E-state index contributed by atoms with van der Waals surface area (Å²) in [7, 11) is 0. The van der Waals surface area contributed by atoms with Crippen molar-refractivity contribution in [2.45, 2.75) is 13.8 Å². The van der Waals surface area contributed by atoms with Gasteiger partial charge in [0.15, 0.2) is 6.61 Å². The number of carbonyl (C=O) groups excluding carboxylic acids is 1. The van der Waals surface area contributed by atoms with Crippen molar-refractivity contribution in [3.63, 3.8) is 0 Å². The van der Waals surface area contributed by atoms with Crippen LogP contribution in [0, 0.1) is 24.0 Å². The highest BCUT2D eigenvalue weighted by atomic mass is 16.6. The molecule has 7 heteroatoms. The topological polar surface area (TPSA) is 93.8 Å². The number of allylic oxidation sites excluding steroid dienone is 1. The lowest BCUT2D eigenvalue weighted by Gasteiger charge is -2.08. The van der Waals surface area contributed by atoms with Crippen LogP contribution in [-0.4, -0.2) is 23.7 Å². The highest BCUT2D eigenvalue weighted by Gasteiger charge is 2.04. The number of non-ortho nitro benzene ring substituents is 1. The van der Waals surface area contributed by atoms with Gasteiger partial charge in [-0.1, -0.05) is 23.8 Å². The number of carbonyl (C=O) groups is 1. The third-order valence-corrected chi connectivity index (χ3v) is 3.43. The third-order valence-electron chi connectivity index (χ3n) is 3.43. The summed E-state index contributed by atoms with van der Waals surface area (Å²) >= 11 is 0. The highest BCUT2D eigenvalue weighted by molar-refractivity contribution is 5.82. The predicted molar refractivity (Wildman–Crippen MR) is 100 cm³/mol. The Morgan fingerprint density at radius 1 is 1.23 bits per heavy atom. The molecule has 0 aliphatic rings. The van der Waals surface area contributed by atoms with Crippen LogP contribution in [0.3, 0.4) is 0 Å². The Bertz CT molecular complexity index is 842. The third kappa shape index (κ3) is 5.86. The number of nitrogens with zero attached hydrogens (tertiary/aromatic N) is 2. The van der Waals surface area contributed by atoms with Crippen LogP contribution in [0.2, 0.25) is 0 Å². The zero-order valence-corrected chi connectivity index (χ0v) is 14.5. The number of amides is 1. The summed E-state index contributed by atoms with van der Waals surface area (Å²) in [6, 6.07) is 11.8.